The van der Waals surface area contributed by atoms with Crippen LogP contribution in [0, 0.1) is 6.92 Å². The van der Waals surface area contributed by atoms with Gasteiger partial charge in [0.05, 0.1) is 16.0 Å². The maximum Gasteiger partial charge on any atom is 0.253 e. The first-order valence-corrected chi connectivity index (χ1v) is 12.3. The zero-order valence-electron chi connectivity index (χ0n) is 19.1. The fourth-order valence-corrected chi connectivity index (χ4v) is 5.36. The lowest BCUT2D eigenvalue weighted by Gasteiger charge is -2.39. The molecule has 0 bridgehead atoms. The Balaban J connectivity index is 1.21. The summed E-state index contributed by atoms with van der Waals surface area (Å²) >= 11 is 1.51. The molecule has 0 atom stereocenters. The number of anilines is 1. The number of fused-ring (bicyclic) bond motifs is 1. The van der Waals surface area contributed by atoms with Gasteiger partial charge in [-0.2, -0.15) is 0 Å². The molecule has 1 aliphatic heterocycles. The number of piperidine rings is 1. The van der Waals surface area contributed by atoms with E-state index in [4.69, 9.17) is 0 Å². The highest BCUT2D eigenvalue weighted by atomic mass is 32.2. The van der Waals surface area contributed by atoms with E-state index in [1.807, 2.05) is 78.6 Å². The molecule has 2 N–H and O–H groups in total. The van der Waals surface area contributed by atoms with Crippen LogP contribution < -0.4 is 4.72 Å². The van der Waals surface area contributed by atoms with E-state index in [-0.39, 0.29) is 5.91 Å². The highest BCUT2D eigenvalue weighted by Crippen LogP contribution is 2.35. The molecule has 5 nitrogen and oxygen atoms in total. The Bertz CT molecular complexity index is 1310. The van der Waals surface area contributed by atoms with E-state index in [1.165, 1.54) is 11.9 Å². The van der Waals surface area contributed by atoms with Gasteiger partial charge in [0.1, 0.15) is 0 Å². The number of carbonyl (C=O) groups is 1. The van der Waals surface area contributed by atoms with Crippen LogP contribution >= 0.6 is 11.9 Å². The van der Waals surface area contributed by atoms with Crippen molar-refractivity contribution in [3.63, 3.8) is 0 Å². The number of nitrogens with one attached hydrogen (secondary N) is 1. The molecule has 0 radical (unpaired) electrons. The molecule has 0 saturated carbocycles. The van der Waals surface area contributed by atoms with Crippen molar-refractivity contribution >= 4 is 34.4 Å². The summed E-state index contributed by atoms with van der Waals surface area (Å²) in [6.07, 6.45) is 2.88. The monoisotopic (exact) mass is 469 g/mol. The molecule has 1 fully saturated rings. The van der Waals surface area contributed by atoms with Crippen LogP contribution in [-0.4, -0.2) is 34.0 Å². The molecule has 5 rings (SSSR count). The number of aromatic nitrogens is 1. The highest BCUT2D eigenvalue weighted by molar-refractivity contribution is 8.00. The van der Waals surface area contributed by atoms with Crippen molar-refractivity contribution in [1.29, 1.82) is 0 Å². The molecule has 4 aromatic rings. The van der Waals surface area contributed by atoms with Gasteiger partial charge in [-0.3, -0.25) is 9.78 Å². The van der Waals surface area contributed by atoms with Gasteiger partial charge < -0.3 is 14.7 Å². The van der Waals surface area contributed by atoms with Crippen molar-refractivity contribution in [3.05, 3.63) is 102 Å². The largest absolute Gasteiger partial charge is 0.385 e. The molecule has 172 valence electrons. The third-order valence-electron chi connectivity index (χ3n) is 6.53. The lowest BCUT2D eigenvalue weighted by atomic mass is 9.82. The Labute approximate surface area is 204 Å². The van der Waals surface area contributed by atoms with E-state index < -0.39 is 5.60 Å². The van der Waals surface area contributed by atoms with Crippen LogP contribution in [0.1, 0.15) is 34.3 Å². The van der Waals surface area contributed by atoms with Crippen LogP contribution in [0.25, 0.3) is 10.9 Å². The predicted octanol–water partition coefficient (Wildman–Crippen LogP) is 5.79. The van der Waals surface area contributed by atoms with Gasteiger partial charge in [0.2, 0.25) is 0 Å². The third kappa shape index (κ3) is 4.52. The summed E-state index contributed by atoms with van der Waals surface area (Å²) in [5.41, 5.74) is 3.72. The Morgan fingerprint density at radius 3 is 2.47 bits per heavy atom. The average Bonchev–Trinajstić information content (AvgIpc) is 2.88. The second-order valence-electron chi connectivity index (χ2n) is 8.75. The second-order valence-corrected chi connectivity index (χ2v) is 9.60. The molecule has 1 aromatic heterocycles. The van der Waals surface area contributed by atoms with Crippen molar-refractivity contribution in [2.24, 2.45) is 0 Å². The fourth-order valence-electron chi connectivity index (χ4n) is 4.58. The van der Waals surface area contributed by atoms with Crippen LogP contribution in [0.4, 0.5) is 5.69 Å². The topological polar surface area (TPSA) is 65.5 Å². The molecule has 1 aliphatic rings. The van der Waals surface area contributed by atoms with Gasteiger partial charge >= 0.3 is 0 Å². The standard InChI is InChI=1S/C28H27N3O2S/c1-20-6-2-3-9-24(20)28(33)15-18-31(19-16-28)27(32)22-11-13-23(14-12-22)30-34-25-10-4-7-21-8-5-17-29-26(21)25/h2-14,17,30,33H,15-16,18-19H2,1H3. The third-order valence-corrected chi connectivity index (χ3v) is 7.42. The zero-order chi connectivity index (χ0) is 23.5. The van der Waals surface area contributed by atoms with Crippen molar-refractivity contribution in [2.75, 3.05) is 17.8 Å². The highest BCUT2D eigenvalue weighted by Gasteiger charge is 2.36. The minimum absolute atomic E-state index is 0.00397. The van der Waals surface area contributed by atoms with Crippen LogP contribution in [0.3, 0.4) is 0 Å². The summed E-state index contributed by atoms with van der Waals surface area (Å²) in [5, 5.41) is 12.3. The number of amides is 1. The lowest BCUT2D eigenvalue weighted by Crippen LogP contribution is -2.45. The molecular formula is C28H27N3O2S. The van der Waals surface area contributed by atoms with E-state index in [0.29, 0.717) is 31.5 Å². The number of hydrogen-bond acceptors (Lipinski definition) is 5. The van der Waals surface area contributed by atoms with Crippen molar-refractivity contribution in [1.82, 2.24) is 9.88 Å². The van der Waals surface area contributed by atoms with Crippen LogP contribution in [0.2, 0.25) is 0 Å². The number of hydrogen-bond donors (Lipinski definition) is 2. The molecule has 1 amide bonds. The smallest absolute Gasteiger partial charge is 0.253 e. The van der Waals surface area contributed by atoms with Crippen molar-refractivity contribution in [2.45, 2.75) is 30.3 Å². The van der Waals surface area contributed by atoms with Crippen LogP contribution in [0.5, 0.6) is 0 Å². The summed E-state index contributed by atoms with van der Waals surface area (Å²) < 4.78 is 3.35. The second kappa shape index (κ2) is 9.49. The van der Waals surface area contributed by atoms with E-state index in [1.54, 1.807) is 6.20 Å². The summed E-state index contributed by atoms with van der Waals surface area (Å²) in [6.45, 7) is 3.09. The van der Waals surface area contributed by atoms with Gasteiger partial charge in [0, 0.05) is 35.9 Å². The van der Waals surface area contributed by atoms with Crippen LogP contribution in [-0.2, 0) is 5.60 Å². The Morgan fingerprint density at radius 2 is 1.71 bits per heavy atom. The van der Waals surface area contributed by atoms with Gasteiger partial charge in [-0.1, -0.05) is 42.5 Å². The maximum absolute atomic E-state index is 13.1. The summed E-state index contributed by atoms with van der Waals surface area (Å²) in [4.78, 5) is 20.4. The number of aliphatic hydroxyl groups is 1. The quantitative estimate of drug-likeness (QED) is 0.363. The molecule has 6 heteroatoms. The van der Waals surface area contributed by atoms with E-state index in [0.717, 1.165) is 32.6 Å². The van der Waals surface area contributed by atoms with Gasteiger partial charge in [0.25, 0.3) is 5.91 Å². The summed E-state index contributed by atoms with van der Waals surface area (Å²) in [5.74, 6) is 0.00397. The molecule has 0 unspecified atom stereocenters. The Morgan fingerprint density at radius 1 is 0.971 bits per heavy atom. The predicted molar refractivity (Wildman–Crippen MR) is 138 cm³/mol. The maximum atomic E-state index is 13.1. The van der Waals surface area contributed by atoms with Gasteiger partial charge in [-0.25, -0.2) is 0 Å². The number of likely N-dealkylation sites (tertiary alicyclic amines) is 1. The van der Waals surface area contributed by atoms with E-state index >= 15 is 0 Å². The van der Waals surface area contributed by atoms with Gasteiger partial charge in [-0.05, 0) is 79.2 Å². The first-order chi connectivity index (χ1) is 16.5. The van der Waals surface area contributed by atoms with Crippen LogP contribution in [0.15, 0.2) is 90.0 Å². The molecule has 34 heavy (non-hydrogen) atoms. The molecule has 3 aromatic carbocycles. The number of aryl methyl sites for hydroxylation is 1. The summed E-state index contributed by atoms with van der Waals surface area (Å²) in [7, 11) is 0. The first-order valence-electron chi connectivity index (χ1n) is 11.5. The molecule has 2 heterocycles. The average molecular weight is 470 g/mol. The molecule has 1 saturated heterocycles. The minimum Gasteiger partial charge on any atom is -0.385 e. The minimum atomic E-state index is -0.871. The normalized spacial score (nSPS) is 15.3. The molecule has 0 aliphatic carbocycles. The van der Waals surface area contributed by atoms with Crippen molar-refractivity contribution in [3.8, 4) is 0 Å². The lowest BCUT2D eigenvalue weighted by molar-refractivity contribution is -0.0215. The SMILES string of the molecule is Cc1ccccc1C1(O)CCN(C(=O)c2ccc(NSc3cccc4cccnc34)cc2)CC1. The Kier molecular flexibility index (Phi) is 6.26. The number of pyridine rings is 1. The number of carbonyl (C=O) groups excluding carboxylic acids is 1. The summed E-state index contributed by atoms with van der Waals surface area (Å²) in [6, 6.07) is 25.6. The first kappa shape index (κ1) is 22.4. The molecule has 0 spiro atoms. The van der Waals surface area contributed by atoms with Gasteiger partial charge in [-0.15, -0.1) is 0 Å². The Hall–Kier alpha value is -3.35. The van der Waals surface area contributed by atoms with Gasteiger partial charge in [0.15, 0.2) is 0 Å². The zero-order valence-corrected chi connectivity index (χ0v) is 19.9. The fraction of sp³-hybridized carbons (Fsp3) is 0.214. The number of nitrogens with zero attached hydrogens (tertiary/aromatic N) is 2. The van der Waals surface area contributed by atoms with E-state index in [2.05, 4.69) is 21.8 Å². The number of para-hydroxylation sites is 1. The number of rotatable bonds is 5. The van der Waals surface area contributed by atoms with E-state index in [9.17, 15) is 9.90 Å². The molecular weight excluding hydrogens is 442 g/mol. The van der Waals surface area contributed by atoms with Crippen molar-refractivity contribution < 1.29 is 9.90 Å². The number of benzene rings is 3.